The second-order valence-corrected chi connectivity index (χ2v) is 7.85. The number of hydrogen-bond donors (Lipinski definition) is 1. The quantitative estimate of drug-likeness (QED) is 0.646. The molecule has 172 valence electrons. The number of nitrogens with one attached hydrogen (secondary N) is 1. The van der Waals surface area contributed by atoms with Gasteiger partial charge in [-0.3, -0.25) is 9.59 Å². The van der Waals surface area contributed by atoms with Crippen LogP contribution in [0.3, 0.4) is 0 Å². The molecule has 1 aliphatic heterocycles. The van der Waals surface area contributed by atoms with Crippen molar-refractivity contribution in [3.8, 4) is 17.2 Å². The first kappa shape index (κ1) is 23.4. The van der Waals surface area contributed by atoms with Crippen LogP contribution in [0.15, 0.2) is 42.5 Å². The van der Waals surface area contributed by atoms with Crippen molar-refractivity contribution in [2.24, 2.45) is 0 Å². The number of methoxy groups -OCH3 is 2. The van der Waals surface area contributed by atoms with Crippen LogP contribution in [-0.4, -0.2) is 56.7 Å². The van der Waals surface area contributed by atoms with Crippen LogP contribution in [0.4, 0.5) is 0 Å². The number of ether oxygens (including phenoxy) is 3. The molecule has 0 unspecified atom stereocenters. The highest BCUT2D eigenvalue weighted by atomic mass is 16.5. The van der Waals surface area contributed by atoms with E-state index in [2.05, 4.69) is 12.2 Å². The van der Waals surface area contributed by atoms with Gasteiger partial charge in [-0.1, -0.05) is 31.5 Å². The van der Waals surface area contributed by atoms with E-state index in [-0.39, 0.29) is 24.5 Å². The summed E-state index contributed by atoms with van der Waals surface area (Å²) in [5.41, 5.74) is 1.69. The lowest BCUT2D eigenvalue weighted by atomic mass is 10.0. The number of rotatable bonds is 9. The fourth-order valence-electron chi connectivity index (χ4n) is 3.91. The zero-order valence-corrected chi connectivity index (χ0v) is 19.1. The molecule has 0 aromatic heterocycles. The Balaban J connectivity index is 1.47. The van der Waals surface area contributed by atoms with Gasteiger partial charge in [-0.05, 0) is 49.1 Å². The molecule has 7 heteroatoms. The van der Waals surface area contributed by atoms with Crippen LogP contribution >= 0.6 is 0 Å². The topological polar surface area (TPSA) is 77.1 Å². The lowest BCUT2D eigenvalue weighted by Gasteiger charge is -2.33. The molecule has 1 saturated heterocycles. The van der Waals surface area contributed by atoms with Gasteiger partial charge in [0, 0.05) is 19.1 Å². The van der Waals surface area contributed by atoms with Crippen LogP contribution in [0, 0.1) is 0 Å². The maximum atomic E-state index is 13.1. The van der Waals surface area contributed by atoms with E-state index in [4.69, 9.17) is 14.2 Å². The molecule has 2 aromatic rings. The van der Waals surface area contributed by atoms with Gasteiger partial charge in [-0.15, -0.1) is 0 Å². The van der Waals surface area contributed by atoms with E-state index in [1.54, 1.807) is 23.1 Å². The van der Waals surface area contributed by atoms with Crippen molar-refractivity contribution in [2.75, 3.05) is 33.9 Å². The Kier molecular flexibility index (Phi) is 8.36. The molecule has 2 aromatic carbocycles. The Labute approximate surface area is 189 Å². The smallest absolute Gasteiger partial charge is 0.261 e. The van der Waals surface area contributed by atoms with Gasteiger partial charge in [0.15, 0.2) is 6.61 Å². The van der Waals surface area contributed by atoms with Crippen molar-refractivity contribution in [3.63, 3.8) is 0 Å². The number of aryl methyl sites for hydroxylation is 1. The van der Waals surface area contributed by atoms with Gasteiger partial charge in [-0.2, -0.15) is 0 Å². The minimum absolute atomic E-state index is 0.0154. The first-order chi connectivity index (χ1) is 15.5. The summed E-state index contributed by atoms with van der Waals surface area (Å²) in [6.07, 6.45) is 3.49. The second kappa shape index (κ2) is 11.4. The molecular weight excluding hydrogens is 408 g/mol. The minimum atomic E-state index is -0.154. The average Bonchev–Trinajstić information content (AvgIpc) is 2.83. The maximum absolute atomic E-state index is 13.1. The van der Waals surface area contributed by atoms with Crippen LogP contribution in [-0.2, 0) is 11.2 Å². The third-order valence-electron chi connectivity index (χ3n) is 5.62. The van der Waals surface area contributed by atoms with Crippen LogP contribution in [0.1, 0.15) is 42.1 Å². The highest BCUT2D eigenvalue weighted by molar-refractivity contribution is 5.99. The number of carbonyl (C=O) groups is 2. The summed E-state index contributed by atoms with van der Waals surface area (Å²) in [4.78, 5) is 27.2. The monoisotopic (exact) mass is 440 g/mol. The number of likely N-dealkylation sites (tertiary alicyclic amines) is 1. The van der Waals surface area contributed by atoms with E-state index in [1.165, 1.54) is 19.8 Å². The number of carbonyl (C=O) groups excluding carboxylic acids is 2. The zero-order valence-electron chi connectivity index (χ0n) is 19.1. The predicted octanol–water partition coefficient (Wildman–Crippen LogP) is 3.46. The maximum Gasteiger partial charge on any atom is 0.261 e. The lowest BCUT2D eigenvalue weighted by Crippen LogP contribution is -2.47. The minimum Gasteiger partial charge on any atom is -0.496 e. The van der Waals surface area contributed by atoms with Gasteiger partial charge < -0.3 is 24.4 Å². The van der Waals surface area contributed by atoms with Gasteiger partial charge in [0.2, 0.25) is 0 Å². The molecule has 1 N–H and O–H groups in total. The fraction of sp³-hybridized carbons (Fsp3) is 0.440. The van der Waals surface area contributed by atoms with Crippen molar-refractivity contribution in [3.05, 3.63) is 53.6 Å². The first-order valence-electron chi connectivity index (χ1n) is 11.1. The molecule has 32 heavy (non-hydrogen) atoms. The number of piperidine rings is 1. The Morgan fingerprint density at radius 1 is 1.00 bits per heavy atom. The van der Waals surface area contributed by atoms with Crippen molar-refractivity contribution >= 4 is 11.8 Å². The SMILES string of the molecule is CCCc1ccc(OCC(=O)NC2CCN(C(=O)c3c(OC)cccc3OC)CC2)cc1. The van der Waals surface area contributed by atoms with Crippen molar-refractivity contribution in [1.29, 1.82) is 0 Å². The highest BCUT2D eigenvalue weighted by Gasteiger charge is 2.28. The molecule has 0 saturated carbocycles. The summed E-state index contributed by atoms with van der Waals surface area (Å²) in [6, 6.07) is 13.2. The zero-order chi connectivity index (χ0) is 22.9. The van der Waals surface area contributed by atoms with Crippen LogP contribution < -0.4 is 19.5 Å². The predicted molar refractivity (Wildman–Crippen MR) is 123 cm³/mol. The van der Waals surface area contributed by atoms with Crippen LogP contribution in [0.25, 0.3) is 0 Å². The second-order valence-electron chi connectivity index (χ2n) is 7.85. The molecule has 0 bridgehead atoms. The number of hydrogen-bond acceptors (Lipinski definition) is 5. The van der Waals surface area contributed by atoms with Crippen LogP contribution in [0.5, 0.6) is 17.2 Å². The summed E-state index contributed by atoms with van der Waals surface area (Å²) in [6.45, 7) is 3.21. The third-order valence-corrected chi connectivity index (χ3v) is 5.62. The first-order valence-corrected chi connectivity index (χ1v) is 11.1. The molecule has 2 amide bonds. The standard InChI is InChI=1S/C25H32N2O5/c1-4-6-18-9-11-20(12-10-18)32-17-23(28)26-19-13-15-27(16-14-19)25(29)24-21(30-2)7-5-8-22(24)31-3/h5,7-12,19H,4,6,13-17H2,1-3H3,(H,26,28). The van der Waals surface area contributed by atoms with E-state index >= 15 is 0 Å². The lowest BCUT2D eigenvalue weighted by molar-refractivity contribution is -0.124. The number of benzene rings is 2. The highest BCUT2D eigenvalue weighted by Crippen LogP contribution is 2.30. The molecule has 1 heterocycles. The summed E-state index contributed by atoms with van der Waals surface area (Å²) >= 11 is 0. The Hall–Kier alpha value is -3.22. The molecule has 3 rings (SSSR count). The molecule has 7 nitrogen and oxygen atoms in total. The van der Waals surface area contributed by atoms with E-state index in [9.17, 15) is 9.59 Å². The van der Waals surface area contributed by atoms with E-state index in [0.29, 0.717) is 48.7 Å². The third kappa shape index (κ3) is 5.93. The van der Waals surface area contributed by atoms with E-state index in [0.717, 1.165) is 12.8 Å². The molecular formula is C25H32N2O5. The van der Waals surface area contributed by atoms with Gasteiger partial charge >= 0.3 is 0 Å². The summed E-state index contributed by atoms with van der Waals surface area (Å²) in [5, 5.41) is 3.01. The van der Waals surface area contributed by atoms with Gasteiger partial charge in [0.05, 0.1) is 14.2 Å². The number of amides is 2. The van der Waals surface area contributed by atoms with Gasteiger partial charge in [0.25, 0.3) is 11.8 Å². The Bertz CT molecular complexity index is 883. The Morgan fingerprint density at radius 2 is 1.62 bits per heavy atom. The average molecular weight is 441 g/mol. The van der Waals surface area contributed by atoms with Crippen molar-refractivity contribution < 1.29 is 23.8 Å². The van der Waals surface area contributed by atoms with Crippen molar-refractivity contribution in [2.45, 2.75) is 38.6 Å². The molecule has 1 aliphatic rings. The van der Waals surface area contributed by atoms with Crippen molar-refractivity contribution in [1.82, 2.24) is 10.2 Å². The van der Waals surface area contributed by atoms with E-state index < -0.39 is 0 Å². The van der Waals surface area contributed by atoms with Gasteiger partial charge in [0.1, 0.15) is 22.8 Å². The summed E-state index contributed by atoms with van der Waals surface area (Å²) in [7, 11) is 3.07. The largest absolute Gasteiger partial charge is 0.496 e. The summed E-state index contributed by atoms with van der Waals surface area (Å²) in [5.74, 6) is 1.39. The molecule has 0 radical (unpaired) electrons. The molecule has 0 aliphatic carbocycles. The molecule has 0 spiro atoms. The summed E-state index contributed by atoms with van der Waals surface area (Å²) < 4.78 is 16.3. The Morgan fingerprint density at radius 3 is 2.19 bits per heavy atom. The normalized spacial score (nSPS) is 14.0. The fourth-order valence-corrected chi connectivity index (χ4v) is 3.91. The number of nitrogens with zero attached hydrogens (tertiary/aromatic N) is 1. The molecule has 1 fully saturated rings. The van der Waals surface area contributed by atoms with E-state index in [1.807, 2.05) is 24.3 Å². The van der Waals surface area contributed by atoms with Gasteiger partial charge in [-0.25, -0.2) is 0 Å². The molecule has 0 atom stereocenters. The van der Waals surface area contributed by atoms with Crippen LogP contribution in [0.2, 0.25) is 0 Å².